The van der Waals surface area contributed by atoms with Gasteiger partial charge in [-0.25, -0.2) is 0 Å². The molecule has 0 N–H and O–H groups in total. The molecule has 7 heteroatoms. The number of aromatic nitrogens is 2. The third kappa shape index (κ3) is 7.67. The van der Waals surface area contributed by atoms with E-state index in [1.54, 1.807) is 0 Å². The molecule has 0 unspecified atom stereocenters. The fourth-order valence-corrected chi connectivity index (χ4v) is 14.3. The molecule has 402 valence electrons. The van der Waals surface area contributed by atoms with Crippen LogP contribution in [0.25, 0.3) is 99.5 Å². The van der Waals surface area contributed by atoms with E-state index in [4.69, 9.17) is 0 Å². The maximum absolute atomic E-state index is 10.7. The molecule has 0 saturated heterocycles. The standard InChI is InChI=1S/C80H49BN6/c82-50-52-38-44-74(84-70-32-15-9-26-60(70)61-27-10-16-33-71(61)84)64(46-52)56-40-42-66-78(48-56)86(68-30-13-7-24-58(68)54-20-3-1-4-21-54)76-36-19-37-77-80(76)81(66)67-43-41-57(49-79(67)87(77)69-31-14-8-25-59(69)55-22-5-2-6-23-55)65-47-53(51-83)39-45-75(65)85-72-34-17-11-28-62(72)63-29-12-18-35-73(63)85/h1-49H. The van der Waals surface area contributed by atoms with E-state index in [9.17, 15) is 10.5 Å². The van der Waals surface area contributed by atoms with Crippen LogP contribution in [-0.4, -0.2) is 15.8 Å². The van der Waals surface area contributed by atoms with Crippen molar-refractivity contribution in [2.24, 2.45) is 0 Å². The molecular weight excluding hydrogens is 1060 g/mol. The Morgan fingerprint density at radius 2 is 0.609 bits per heavy atom. The SMILES string of the molecule is N#Cc1ccc(-n2c3ccccc3c3ccccc32)c(-c2ccc3c(c2)N(c2ccccc2-c2ccccc2)c2cccc4c2B3c2ccc(-c3cc(C#N)ccc3-n3c5ccccc5c5ccccc53)cc2N4c2ccccc2-c2ccccc2)c1. The van der Waals surface area contributed by atoms with E-state index in [1.807, 2.05) is 12.1 Å². The lowest BCUT2D eigenvalue weighted by molar-refractivity contribution is 1.18. The first kappa shape index (κ1) is 49.7. The first-order valence-corrected chi connectivity index (χ1v) is 29.5. The highest BCUT2D eigenvalue weighted by atomic mass is 15.2. The van der Waals surface area contributed by atoms with Crippen molar-refractivity contribution in [2.75, 3.05) is 9.80 Å². The van der Waals surface area contributed by atoms with Crippen LogP contribution >= 0.6 is 0 Å². The lowest BCUT2D eigenvalue weighted by Gasteiger charge is -2.45. The molecule has 0 bridgehead atoms. The third-order valence-corrected chi connectivity index (χ3v) is 18.0. The van der Waals surface area contributed by atoms with Crippen molar-refractivity contribution in [3.05, 3.63) is 308 Å². The van der Waals surface area contributed by atoms with Crippen LogP contribution in [0, 0.1) is 22.7 Å². The predicted molar refractivity (Wildman–Crippen MR) is 360 cm³/mol. The fourth-order valence-electron chi connectivity index (χ4n) is 14.3. The summed E-state index contributed by atoms with van der Waals surface area (Å²) in [5, 5.41) is 26.0. The molecule has 0 aliphatic carbocycles. The van der Waals surface area contributed by atoms with Gasteiger partial charge in [-0.15, -0.1) is 0 Å². The molecule has 6 nitrogen and oxygen atoms in total. The van der Waals surface area contributed by atoms with E-state index >= 15 is 0 Å². The monoisotopic (exact) mass is 1100 g/mol. The highest BCUT2D eigenvalue weighted by molar-refractivity contribution is 7.00. The Hall–Kier alpha value is -11.9. The summed E-state index contributed by atoms with van der Waals surface area (Å²) in [6, 6.07) is 111. The summed E-state index contributed by atoms with van der Waals surface area (Å²) in [4.78, 5) is 4.99. The van der Waals surface area contributed by atoms with Crippen molar-refractivity contribution < 1.29 is 0 Å². The highest BCUT2D eigenvalue weighted by Gasteiger charge is 2.44. The summed E-state index contributed by atoms with van der Waals surface area (Å²) < 4.78 is 4.72. The number of nitriles is 2. The summed E-state index contributed by atoms with van der Waals surface area (Å²) in [6.45, 7) is -0.228. The third-order valence-electron chi connectivity index (χ3n) is 18.0. The zero-order valence-corrected chi connectivity index (χ0v) is 47.1. The molecule has 87 heavy (non-hydrogen) atoms. The van der Waals surface area contributed by atoms with E-state index in [2.05, 4.69) is 316 Å². The van der Waals surface area contributed by atoms with Gasteiger partial charge in [0.25, 0.3) is 6.71 Å². The Balaban J connectivity index is 0.950. The van der Waals surface area contributed by atoms with Gasteiger partial charge in [-0.05, 0) is 136 Å². The molecule has 0 radical (unpaired) electrons. The van der Waals surface area contributed by atoms with Crippen LogP contribution in [0.2, 0.25) is 0 Å². The number of rotatable bonds is 8. The Labute approximate surface area is 503 Å². The van der Waals surface area contributed by atoms with Crippen LogP contribution < -0.4 is 26.2 Å². The van der Waals surface area contributed by atoms with Gasteiger partial charge in [-0.1, -0.05) is 200 Å². The molecular formula is C80H49BN6. The van der Waals surface area contributed by atoms with E-state index in [0.29, 0.717) is 11.1 Å². The quantitative estimate of drug-likeness (QED) is 0.142. The molecule has 0 saturated carbocycles. The van der Waals surface area contributed by atoms with E-state index in [-0.39, 0.29) is 6.71 Å². The van der Waals surface area contributed by atoms with Crippen LogP contribution in [-0.2, 0) is 0 Å². The molecule has 2 aliphatic rings. The normalized spacial score (nSPS) is 12.3. The Morgan fingerprint density at radius 1 is 0.253 bits per heavy atom. The molecule has 4 heterocycles. The topological polar surface area (TPSA) is 63.9 Å². The average molecular weight is 1110 g/mol. The summed E-state index contributed by atoms with van der Waals surface area (Å²) >= 11 is 0. The van der Waals surface area contributed by atoms with Crippen LogP contribution in [0.1, 0.15) is 11.1 Å². The number of para-hydroxylation sites is 6. The van der Waals surface area contributed by atoms with Crippen molar-refractivity contribution in [3.8, 4) is 68.0 Å². The maximum Gasteiger partial charge on any atom is 0.252 e. The zero-order valence-electron chi connectivity index (χ0n) is 47.1. The van der Waals surface area contributed by atoms with Gasteiger partial charge in [0, 0.05) is 66.5 Å². The summed E-state index contributed by atoms with van der Waals surface area (Å²) in [7, 11) is 0. The number of fused-ring (bicyclic) bond motifs is 10. The van der Waals surface area contributed by atoms with Gasteiger partial charge in [0.2, 0.25) is 0 Å². The van der Waals surface area contributed by atoms with Crippen molar-refractivity contribution in [1.29, 1.82) is 10.5 Å². The lowest BCUT2D eigenvalue weighted by atomic mass is 9.33. The second-order valence-corrected chi connectivity index (χ2v) is 22.6. The second-order valence-electron chi connectivity index (χ2n) is 22.6. The van der Waals surface area contributed by atoms with Gasteiger partial charge >= 0.3 is 0 Å². The maximum atomic E-state index is 10.7. The molecule has 13 aromatic carbocycles. The van der Waals surface area contributed by atoms with Crippen molar-refractivity contribution in [2.45, 2.75) is 0 Å². The first-order chi connectivity index (χ1) is 43.1. The molecule has 0 atom stereocenters. The lowest BCUT2D eigenvalue weighted by Crippen LogP contribution is -2.61. The Kier molecular flexibility index (Phi) is 11.4. The molecule has 0 spiro atoms. The smallest absolute Gasteiger partial charge is 0.252 e. The van der Waals surface area contributed by atoms with Crippen LogP contribution in [0.4, 0.5) is 34.1 Å². The number of anilines is 6. The number of hydrogen-bond acceptors (Lipinski definition) is 4. The minimum atomic E-state index is -0.228. The van der Waals surface area contributed by atoms with E-state index in [0.717, 1.165) is 123 Å². The molecule has 0 fully saturated rings. The van der Waals surface area contributed by atoms with Gasteiger partial charge in [0.15, 0.2) is 0 Å². The average Bonchev–Trinajstić information content (AvgIpc) is 1.46. The molecule has 17 rings (SSSR count). The van der Waals surface area contributed by atoms with E-state index < -0.39 is 0 Å². The summed E-state index contributed by atoms with van der Waals surface area (Å²) in [5.41, 5.74) is 25.7. The summed E-state index contributed by atoms with van der Waals surface area (Å²) in [5.74, 6) is 0. The molecule has 2 aromatic heterocycles. The van der Waals surface area contributed by atoms with Gasteiger partial charge in [-0.3, -0.25) is 0 Å². The first-order valence-electron chi connectivity index (χ1n) is 29.5. The van der Waals surface area contributed by atoms with Crippen LogP contribution in [0.5, 0.6) is 0 Å². The number of hydrogen-bond donors (Lipinski definition) is 0. The molecule has 0 amide bonds. The zero-order chi connectivity index (χ0) is 57.7. The van der Waals surface area contributed by atoms with Gasteiger partial charge < -0.3 is 18.9 Å². The van der Waals surface area contributed by atoms with Crippen LogP contribution in [0.3, 0.4) is 0 Å². The second kappa shape index (κ2) is 19.9. The van der Waals surface area contributed by atoms with Crippen molar-refractivity contribution >= 4 is 101 Å². The van der Waals surface area contributed by atoms with Gasteiger partial charge in [-0.2, -0.15) is 10.5 Å². The van der Waals surface area contributed by atoms with Crippen molar-refractivity contribution in [3.63, 3.8) is 0 Å². The minimum absolute atomic E-state index is 0.228. The number of benzene rings is 13. The van der Waals surface area contributed by atoms with E-state index in [1.165, 1.54) is 27.0 Å². The molecule has 2 aliphatic heterocycles. The van der Waals surface area contributed by atoms with Crippen LogP contribution in [0.15, 0.2) is 297 Å². The van der Waals surface area contributed by atoms with Crippen molar-refractivity contribution in [1.82, 2.24) is 9.13 Å². The fraction of sp³-hybridized carbons (Fsp3) is 0. The largest absolute Gasteiger partial charge is 0.311 e. The van der Waals surface area contributed by atoms with Gasteiger partial charge in [0.1, 0.15) is 0 Å². The summed E-state index contributed by atoms with van der Waals surface area (Å²) in [6.07, 6.45) is 0. The highest BCUT2D eigenvalue weighted by Crippen LogP contribution is 2.50. The van der Waals surface area contributed by atoms with Gasteiger partial charge in [0.05, 0.1) is 68.1 Å². The minimum Gasteiger partial charge on any atom is -0.311 e. The Bertz CT molecular complexity index is 4970. The molecule has 15 aromatic rings. The predicted octanol–water partition coefficient (Wildman–Crippen LogP) is 18.4. The Morgan fingerprint density at radius 3 is 1.01 bits per heavy atom. The number of nitrogens with zero attached hydrogens (tertiary/aromatic N) is 6.